The van der Waals surface area contributed by atoms with E-state index in [-0.39, 0.29) is 0 Å². The van der Waals surface area contributed by atoms with Gasteiger partial charge in [0.25, 0.3) is 5.91 Å². The lowest BCUT2D eigenvalue weighted by Gasteiger charge is -2.03. The van der Waals surface area contributed by atoms with E-state index in [4.69, 9.17) is 0 Å². The Hall–Kier alpha value is -2.01. The summed E-state index contributed by atoms with van der Waals surface area (Å²) in [6, 6.07) is 11.8. The first kappa shape index (κ1) is 12.4. The summed E-state index contributed by atoms with van der Waals surface area (Å²) in [6.07, 6.45) is 4.51. The average Bonchev–Trinajstić information content (AvgIpc) is 2.40. The molecule has 0 aliphatic carbocycles. The van der Waals surface area contributed by atoms with Crippen LogP contribution in [-0.2, 0) is 9.73 Å². The van der Waals surface area contributed by atoms with Crippen LogP contribution in [0.2, 0.25) is 0 Å². The van der Waals surface area contributed by atoms with E-state index in [1.165, 1.54) is 18.6 Å². The molecule has 1 unspecified atom stereocenters. The Morgan fingerprint density at radius 3 is 2.33 bits per heavy atom. The summed E-state index contributed by atoms with van der Waals surface area (Å²) in [4.78, 5) is 16.2. The van der Waals surface area contributed by atoms with Crippen LogP contribution in [0.15, 0.2) is 64.1 Å². The van der Waals surface area contributed by atoms with Crippen LogP contribution >= 0.6 is 0 Å². The predicted molar refractivity (Wildman–Crippen MR) is 69.8 cm³/mol. The van der Waals surface area contributed by atoms with E-state index in [1.807, 2.05) is 6.07 Å². The second kappa shape index (κ2) is 5.10. The zero-order valence-electron chi connectivity index (χ0n) is 9.82. The lowest BCUT2D eigenvalue weighted by Crippen LogP contribution is -2.03. The monoisotopic (exact) mass is 260 g/mol. The summed E-state index contributed by atoms with van der Waals surface area (Å²) in [6.45, 7) is 0. The molecule has 0 aliphatic rings. The molecule has 1 amide bonds. The molecule has 0 aliphatic heterocycles. The smallest absolute Gasteiger partial charge is 0.266 e. The van der Waals surface area contributed by atoms with E-state index in [1.54, 1.807) is 36.4 Å². The van der Waals surface area contributed by atoms with Gasteiger partial charge in [-0.25, -0.2) is 4.21 Å². The number of rotatable bonds is 2. The molecule has 1 aromatic carbocycles. The highest BCUT2D eigenvalue weighted by molar-refractivity contribution is 7.93. The molecule has 1 heterocycles. The van der Waals surface area contributed by atoms with Gasteiger partial charge < -0.3 is 0 Å². The molecular formula is C13H12N2O2S. The van der Waals surface area contributed by atoms with E-state index < -0.39 is 15.6 Å². The minimum Gasteiger partial charge on any atom is -0.266 e. The van der Waals surface area contributed by atoms with Gasteiger partial charge in [0.05, 0.1) is 14.6 Å². The number of amides is 1. The van der Waals surface area contributed by atoms with Crippen LogP contribution in [0, 0.1) is 0 Å². The molecule has 92 valence electrons. The lowest BCUT2D eigenvalue weighted by molar-refractivity contribution is 0.100. The van der Waals surface area contributed by atoms with Gasteiger partial charge in [0, 0.05) is 24.2 Å². The highest BCUT2D eigenvalue weighted by Gasteiger charge is 2.10. The topological polar surface area (TPSA) is 59.4 Å². The molecular weight excluding hydrogens is 248 g/mol. The summed E-state index contributed by atoms with van der Waals surface area (Å²) in [7, 11) is -2.72. The molecule has 0 N–H and O–H groups in total. The molecule has 0 fully saturated rings. The summed E-state index contributed by atoms with van der Waals surface area (Å²) < 4.78 is 16.2. The fourth-order valence-electron chi connectivity index (χ4n) is 1.44. The zero-order valence-corrected chi connectivity index (χ0v) is 10.6. The SMILES string of the molecule is CS(=O)(=NC(=O)c1ccccc1)c1ccncc1. The van der Waals surface area contributed by atoms with Crippen LogP contribution in [0.4, 0.5) is 0 Å². The maximum Gasteiger partial charge on any atom is 0.285 e. The molecule has 5 heteroatoms. The number of pyridine rings is 1. The van der Waals surface area contributed by atoms with Gasteiger partial charge in [-0.15, -0.1) is 0 Å². The average molecular weight is 260 g/mol. The quantitative estimate of drug-likeness (QED) is 0.833. The maximum absolute atomic E-state index is 12.4. The fraction of sp³-hybridized carbons (Fsp3) is 0.0769. The van der Waals surface area contributed by atoms with E-state index in [0.717, 1.165) is 0 Å². The van der Waals surface area contributed by atoms with Crippen LogP contribution in [-0.4, -0.2) is 21.4 Å². The number of hydrogen-bond acceptors (Lipinski definition) is 3. The molecule has 0 bridgehead atoms. The van der Waals surface area contributed by atoms with Gasteiger partial charge in [-0.3, -0.25) is 9.78 Å². The van der Waals surface area contributed by atoms with Crippen LogP contribution in [0.1, 0.15) is 10.4 Å². The highest BCUT2D eigenvalue weighted by Crippen LogP contribution is 2.11. The van der Waals surface area contributed by atoms with Gasteiger partial charge in [-0.05, 0) is 24.3 Å². The second-order valence-corrected chi connectivity index (χ2v) is 6.01. The normalized spacial score (nSPS) is 13.6. The van der Waals surface area contributed by atoms with Crippen molar-refractivity contribution in [1.82, 2.24) is 4.98 Å². The Kier molecular flexibility index (Phi) is 3.53. The van der Waals surface area contributed by atoms with E-state index >= 15 is 0 Å². The Morgan fingerprint density at radius 1 is 1.11 bits per heavy atom. The van der Waals surface area contributed by atoms with Crippen LogP contribution in [0.25, 0.3) is 0 Å². The van der Waals surface area contributed by atoms with Crippen LogP contribution in [0.5, 0.6) is 0 Å². The molecule has 1 aromatic heterocycles. The summed E-state index contributed by atoms with van der Waals surface area (Å²) in [5.41, 5.74) is 0.432. The van der Waals surface area contributed by atoms with Crippen molar-refractivity contribution < 1.29 is 9.00 Å². The Labute approximate surface area is 106 Å². The first-order chi connectivity index (χ1) is 8.59. The number of aromatic nitrogens is 1. The van der Waals surface area contributed by atoms with E-state index in [0.29, 0.717) is 10.5 Å². The molecule has 18 heavy (non-hydrogen) atoms. The van der Waals surface area contributed by atoms with Crippen molar-refractivity contribution in [2.75, 3.05) is 6.26 Å². The van der Waals surface area contributed by atoms with Gasteiger partial charge in [-0.1, -0.05) is 18.2 Å². The van der Waals surface area contributed by atoms with Crippen LogP contribution in [0.3, 0.4) is 0 Å². The van der Waals surface area contributed by atoms with Gasteiger partial charge in [-0.2, -0.15) is 4.36 Å². The van der Waals surface area contributed by atoms with Crippen molar-refractivity contribution in [2.24, 2.45) is 4.36 Å². The third-order valence-electron chi connectivity index (χ3n) is 2.36. The first-order valence-electron chi connectivity index (χ1n) is 5.31. The standard InChI is InChI=1S/C13H12N2O2S/c1-18(17,12-7-9-14-10-8-12)15-13(16)11-5-3-2-4-6-11/h2-10H,1H3. The third kappa shape index (κ3) is 2.81. The summed E-state index contributed by atoms with van der Waals surface area (Å²) in [5, 5.41) is 0. The lowest BCUT2D eigenvalue weighted by atomic mass is 10.2. The van der Waals surface area contributed by atoms with Crippen molar-refractivity contribution >= 4 is 15.6 Å². The Morgan fingerprint density at radius 2 is 1.72 bits per heavy atom. The van der Waals surface area contributed by atoms with Gasteiger partial charge in [0.15, 0.2) is 0 Å². The van der Waals surface area contributed by atoms with Crippen LogP contribution < -0.4 is 0 Å². The molecule has 2 rings (SSSR count). The summed E-state index contributed by atoms with van der Waals surface area (Å²) >= 11 is 0. The number of carbonyl (C=O) groups excluding carboxylic acids is 1. The molecule has 0 saturated heterocycles. The highest BCUT2D eigenvalue weighted by atomic mass is 32.2. The largest absolute Gasteiger partial charge is 0.285 e. The molecule has 4 nitrogen and oxygen atoms in total. The minimum atomic E-state index is -2.72. The maximum atomic E-state index is 12.4. The van der Waals surface area contributed by atoms with Gasteiger partial charge in [0.2, 0.25) is 0 Å². The number of nitrogens with zero attached hydrogens (tertiary/aromatic N) is 2. The molecule has 2 aromatic rings. The fourth-order valence-corrected chi connectivity index (χ4v) is 2.59. The molecule has 0 radical (unpaired) electrons. The molecule has 1 atom stereocenters. The van der Waals surface area contributed by atoms with E-state index in [2.05, 4.69) is 9.35 Å². The molecule has 0 saturated carbocycles. The van der Waals surface area contributed by atoms with Crippen molar-refractivity contribution in [1.29, 1.82) is 0 Å². The van der Waals surface area contributed by atoms with Crippen molar-refractivity contribution in [2.45, 2.75) is 4.90 Å². The first-order valence-corrected chi connectivity index (χ1v) is 7.23. The third-order valence-corrected chi connectivity index (χ3v) is 4.03. The Balaban J connectivity index is 2.40. The minimum absolute atomic E-state index is 0.432. The van der Waals surface area contributed by atoms with Crippen molar-refractivity contribution in [3.8, 4) is 0 Å². The van der Waals surface area contributed by atoms with Gasteiger partial charge >= 0.3 is 0 Å². The molecule has 0 spiro atoms. The number of hydrogen-bond donors (Lipinski definition) is 0. The number of benzene rings is 1. The zero-order chi connectivity index (χ0) is 13.0. The predicted octanol–water partition coefficient (Wildman–Crippen LogP) is 2.38. The van der Waals surface area contributed by atoms with Gasteiger partial charge in [0.1, 0.15) is 0 Å². The Bertz CT molecular complexity index is 660. The van der Waals surface area contributed by atoms with Crippen molar-refractivity contribution in [3.63, 3.8) is 0 Å². The van der Waals surface area contributed by atoms with E-state index in [9.17, 15) is 9.00 Å². The second-order valence-electron chi connectivity index (χ2n) is 3.75. The number of carbonyl (C=O) groups is 1. The summed E-state index contributed by atoms with van der Waals surface area (Å²) in [5.74, 6) is -0.472. The van der Waals surface area contributed by atoms with Crippen molar-refractivity contribution in [3.05, 3.63) is 60.4 Å².